The van der Waals surface area contributed by atoms with Crippen LogP contribution in [0.2, 0.25) is 0 Å². The van der Waals surface area contributed by atoms with Crippen molar-refractivity contribution < 1.29 is 9.90 Å². The summed E-state index contributed by atoms with van der Waals surface area (Å²) >= 11 is 0. The highest BCUT2D eigenvalue weighted by atomic mass is 16.4. The van der Waals surface area contributed by atoms with Crippen LogP contribution in [0, 0.1) is 5.92 Å². The van der Waals surface area contributed by atoms with Gasteiger partial charge in [-0.25, -0.2) is 4.79 Å². The highest BCUT2D eigenvalue weighted by molar-refractivity contribution is 5.64. The third kappa shape index (κ3) is 5.05. The van der Waals surface area contributed by atoms with Crippen molar-refractivity contribution in [3.63, 3.8) is 0 Å². The van der Waals surface area contributed by atoms with E-state index in [1.165, 1.54) is 44.3 Å². The fourth-order valence-corrected chi connectivity index (χ4v) is 4.10. The van der Waals surface area contributed by atoms with Crippen molar-refractivity contribution >= 4 is 6.09 Å². The standard InChI is InChI=1S/C18H31N3O2/c22-18(23)20-15-7-2-1-6-14-12-17(14)19-13-16-9-5-11-21(16)10-4-3-8-15/h13-15,17,19-20H,1-12H2,(H,22,23). The van der Waals surface area contributed by atoms with E-state index in [0.717, 1.165) is 44.6 Å². The van der Waals surface area contributed by atoms with Crippen LogP contribution in [-0.2, 0) is 0 Å². The Kier molecular flexibility index (Phi) is 5.68. The summed E-state index contributed by atoms with van der Waals surface area (Å²) in [4.78, 5) is 13.5. The molecule has 3 atom stereocenters. The van der Waals surface area contributed by atoms with Gasteiger partial charge in [0, 0.05) is 37.1 Å². The van der Waals surface area contributed by atoms with Crippen LogP contribution in [0.1, 0.15) is 64.2 Å². The zero-order valence-electron chi connectivity index (χ0n) is 14.1. The Labute approximate surface area is 139 Å². The van der Waals surface area contributed by atoms with Gasteiger partial charge in [0.15, 0.2) is 0 Å². The fourth-order valence-electron chi connectivity index (χ4n) is 4.10. The zero-order chi connectivity index (χ0) is 16.1. The first-order valence-electron chi connectivity index (χ1n) is 9.42. The van der Waals surface area contributed by atoms with Gasteiger partial charge in [0.1, 0.15) is 0 Å². The molecule has 3 unspecified atom stereocenters. The summed E-state index contributed by atoms with van der Waals surface area (Å²) in [5, 5.41) is 15.4. The molecular weight excluding hydrogens is 290 g/mol. The SMILES string of the molecule is O=C(O)NC1CCCCC2CC2NC=C2CCCN2CCCC1. The summed E-state index contributed by atoms with van der Waals surface area (Å²) in [6.07, 6.45) is 13.1. The van der Waals surface area contributed by atoms with Crippen molar-refractivity contribution in [1.29, 1.82) is 0 Å². The zero-order valence-corrected chi connectivity index (χ0v) is 14.1. The molecule has 2 heterocycles. The van der Waals surface area contributed by atoms with Crippen molar-refractivity contribution in [2.45, 2.75) is 76.3 Å². The van der Waals surface area contributed by atoms with E-state index < -0.39 is 6.09 Å². The normalized spacial score (nSPS) is 32.4. The Bertz CT molecular complexity index is 438. The number of hydrogen-bond donors (Lipinski definition) is 3. The van der Waals surface area contributed by atoms with Crippen LogP contribution in [0.4, 0.5) is 4.79 Å². The average Bonchev–Trinajstić information content (AvgIpc) is 3.11. The van der Waals surface area contributed by atoms with Crippen LogP contribution >= 0.6 is 0 Å². The molecule has 130 valence electrons. The smallest absolute Gasteiger partial charge is 0.404 e. The molecule has 0 aromatic carbocycles. The van der Waals surface area contributed by atoms with Crippen LogP contribution in [0.15, 0.2) is 11.9 Å². The predicted octanol–water partition coefficient (Wildman–Crippen LogP) is 3.28. The molecule has 23 heavy (non-hydrogen) atoms. The van der Waals surface area contributed by atoms with Gasteiger partial charge < -0.3 is 20.6 Å². The van der Waals surface area contributed by atoms with Gasteiger partial charge in [-0.15, -0.1) is 0 Å². The second kappa shape index (κ2) is 7.93. The summed E-state index contributed by atoms with van der Waals surface area (Å²) in [7, 11) is 0. The van der Waals surface area contributed by atoms with Crippen molar-refractivity contribution in [3.05, 3.63) is 11.9 Å². The molecule has 1 aliphatic carbocycles. The number of allylic oxidation sites excluding steroid dienone is 1. The molecule has 3 rings (SSSR count). The molecule has 1 saturated carbocycles. The molecule has 3 N–H and O–H groups in total. The molecule has 0 aromatic heterocycles. The molecule has 1 amide bonds. The lowest BCUT2D eigenvalue weighted by molar-refractivity contribution is 0.187. The second-order valence-electron chi connectivity index (χ2n) is 7.42. The van der Waals surface area contributed by atoms with E-state index in [1.807, 2.05) is 0 Å². The summed E-state index contributed by atoms with van der Waals surface area (Å²) < 4.78 is 0. The summed E-state index contributed by atoms with van der Waals surface area (Å²) in [5.41, 5.74) is 1.48. The topological polar surface area (TPSA) is 64.6 Å². The Morgan fingerprint density at radius 1 is 1.13 bits per heavy atom. The lowest BCUT2D eigenvalue weighted by atomic mass is 10.0. The Morgan fingerprint density at radius 3 is 2.70 bits per heavy atom. The number of nitrogens with zero attached hydrogens (tertiary/aromatic N) is 1. The van der Waals surface area contributed by atoms with Crippen LogP contribution in [0.25, 0.3) is 0 Å². The highest BCUT2D eigenvalue weighted by Crippen LogP contribution is 2.36. The minimum Gasteiger partial charge on any atom is -0.465 e. The molecular formula is C18H31N3O2. The van der Waals surface area contributed by atoms with Crippen LogP contribution in [0.3, 0.4) is 0 Å². The number of hydrogen-bond acceptors (Lipinski definition) is 3. The predicted molar refractivity (Wildman–Crippen MR) is 91.2 cm³/mol. The van der Waals surface area contributed by atoms with Crippen molar-refractivity contribution in [3.8, 4) is 0 Å². The maximum atomic E-state index is 11.0. The van der Waals surface area contributed by atoms with E-state index in [1.54, 1.807) is 0 Å². The lowest BCUT2D eigenvalue weighted by Gasteiger charge is -2.21. The van der Waals surface area contributed by atoms with E-state index in [0.29, 0.717) is 6.04 Å². The second-order valence-corrected chi connectivity index (χ2v) is 7.42. The van der Waals surface area contributed by atoms with Gasteiger partial charge in [-0.3, -0.25) is 0 Å². The summed E-state index contributed by atoms with van der Waals surface area (Å²) in [5.74, 6) is 0.831. The minimum atomic E-state index is -0.871. The molecule has 3 aliphatic rings. The average molecular weight is 321 g/mol. The first-order chi connectivity index (χ1) is 11.2. The number of carbonyl (C=O) groups is 1. The van der Waals surface area contributed by atoms with Crippen molar-refractivity contribution in [1.82, 2.24) is 15.5 Å². The van der Waals surface area contributed by atoms with Gasteiger partial charge in [0.2, 0.25) is 0 Å². The maximum Gasteiger partial charge on any atom is 0.404 e. The Balaban J connectivity index is 1.55. The first-order valence-corrected chi connectivity index (χ1v) is 9.42. The molecule has 5 heteroatoms. The minimum absolute atomic E-state index is 0.138. The Morgan fingerprint density at radius 2 is 1.87 bits per heavy atom. The van der Waals surface area contributed by atoms with E-state index in [4.69, 9.17) is 5.11 Å². The van der Waals surface area contributed by atoms with E-state index >= 15 is 0 Å². The van der Waals surface area contributed by atoms with Crippen LogP contribution < -0.4 is 10.6 Å². The fraction of sp³-hybridized carbons (Fsp3) is 0.833. The van der Waals surface area contributed by atoms with Crippen LogP contribution in [-0.4, -0.2) is 41.3 Å². The van der Waals surface area contributed by atoms with Gasteiger partial charge in [0.05, 0.1) is 0 Å². The lowest BCUT2D eigenvalue weighted by Crippen LogP contribution is -2.33. The third-order valence-electron chi connectivity index (χ3n) is 5.59. The van der Waals surface area contributed by atoms with Gasteiger partial charge in [-0.1, -0.05) is 12.8 Å². The van der Waals surface area contributed by atoms with Crippen LogP contribution in [0.5, 0.6) is 0 Å². The maximum absolute atomic E-state index is 11.0. The number of amides is 1. The largest absolute Gasteiger partial charge is 0.465 e. The van der Waals surface area contributed by atoms with Gasteiger partial charge in [-0.2, -0.15) is 0 Å². The summed E-state index contributed by atoms with van der Waals surface area (Å²) in [6.45, 7) is 2.29. The molecule has 0 bridgehead atoms. The quantitative estimate of drug-likeness (QED) is 0.693. The van der Waals surface area contributed by atoms with Gasteiger partial charge in [-0.05, 0) is 57.3 Å². The monoisotopic (exact) mass is 321 g/mol. The van der Waals surface area contributed by atoms with Gasteiger partial charge >= 0.3 is 6.09 Å². The number of carboxylic acid groups (broad SMARTS) is 1. The molecule has 1 saturated heterocycles. The van der Waals surface area contributed by atoms with Gasteiger partial charge in [0.25, 0.3) is 0 Å². The van der Waals surface area contributed by atoms with Crippen molar-refractivity contribution in [2.75, 3.05) is 13.1 Å². The van der Waals surface area contributed by atoms with E-state index in [-0.39, 0.29) is 6.04 Å². The number of fused-ring (bicyclic) bond motifs is 2. The van der Waals surface area contributed by atoms with Crippen molar-refractivity contribution in [2.24, 2.45) is 5.92 Å². The third-order valence-corrected chi connectivity index (χ3v) is 5.59. The molecule has 2 aliphatic heterocycles. The molecule has 0 radical (unpaired) electrons. The molecule has 5 nitrogen and oxygen atoms in total. The molecule has 0 spiro atoms. The first kappa shape index (κ1) is 16.5. The van der Waals surface area contributed by atoms with E-state index in [2.05, 4.69) is 21.7 Å². The van der Waals surface area contributed by atoms with E-state index in [9.17, 15) is 4.79 Å². The Hall–Kier alpha value is -1.39. The summed E-state index contributed by atoms with van der Waals surface area (Å²) in [6, 6.07) is 0.822. The molecule has 0 aromatic rings. The molecule has 2 fully saturated rings. The highest BCUT2D eigenvalue weighted by Gasteiger charge is 2.35. The number of rotatable bonds is 1. The number of nitrogens with one attached hydrogen (secondary N) is 2.